The first kappa shape index (κ1) is 20.2. The predicted octanol–water partition coefficient (Wildman–Crippen LogP) is 4.24. The minimum atomic E-state index is -0.456. The van der Waals surface area contributed by atoms with E-state index in [4.69, 9.17) is 18.0 Å². The van der Waals surface area contributed by atoms with Crippen molar-refractivity contribution in [3.63, 3.8) is 0 Å². The molecule has 142 valence electrons. The first-order chi connectivity index (χ1) is 13.0. The van der Waals surface area contributed by atoms with Gasteiger partial charge in [-0.2, -0.15) is 0 Å². The molecule has 2 amide bonds. The second-order valence-corrected chi connectivity index (χ2v) is 9.05. The van der Waals surface area contributed by atoms with Gasteiger partial charge in [0.1, 0.15) is 5.00 Å². The first-order valence-electron chi connectivity index (χ1n) is 8.78. The third kappa shape index (κ3) is 4.85. The Morgan fingerprint density at radius 3 is 2.52 bits per heavy atom. The van der Waals surface area contributed by atoms with Crippen LogP contribution in [0.3, 0.4) is 0 Å². The average molecular weight is 513 g/mol. The molecule has 0 spiro atoms. The van der Waals surface area contributed by atoms with Gasteiger partial charge in [-0.3, -0.25) is 14.9 Å². The van der Waals surface area contributed by atoms with Crippen molar-refractivity contribution in [2.24, 2.45) is 5.73 Å². The number of primary amides is 1. The van der Waals surface area contributed by atoms with Gasteiger partial charge in [-0.15, -0.1) is 11.3 Å². The van der Waals surface area contributed by atoms with Gasteiger partial charge >= 0.3 is 0 Å². The van der Waals surface area contributed by atoms with Gasteiger partial charge < -0.3 is 11.1 Å². The van der Waals surface area contributed by atoms with Crippen LogP contribution in [0.5, 0.6) is 0 Å². The monoisotopic (exact) mass is 513 g/mol. The molecule has 0 radical (unpaired) electrons. The molecule has 0 atom stereocenters. The van der Waals surface area contributed by atoms with E-state index in [1.165, 1.54) is 29.1 Å². The standard InChI is InChI=1S/C19H20IN3O2S2/c20-13-9-6-5-7-11(13)17(25)22-19(26)23-18-15(16(21)24)12-8-3-1-2-4-10-14(12)27-18/h5-7,9H,1-4,8,10H2,(H2,21,24)(H2,22,23,25,26). The van der Waals surface area contributed by atoms with E-state index in [0.717, 1.165) is 34.8 Å². The molecular weight excluding hydrogens is 493 g/mol. The fraction of sp³-hybridized carbons (Fsp3) is 0.316. The van der Waals surface area contributed by atoms with Gasteiger partial charge in [-0.25, -0.2) is 0 Å². The quantitative estimate of drug-likeness (QED) is 0.424. The molecule has 0 unspecified atom stereocenters. The number of nitrogens with two attached hydrogens (primary N) is 1. The van der Waals surface area contributed by atoms with Crippen molar-refractivity contribution in [2.45, 2.75) is 38.5 Å². The molecule has 0 aliphatic heterocycles. The van der Waals surface area contributed by atoms with Crippen LogP contribution in [-0.4, -0.2) is 16.9 Å². The maximum absolute atomic E-state index is 12.4. The summed E-state index contributed by atoms with van der Waals surface area (Å²) in [5.74, 6) is -0.740. The molecule has 3 rings (SSSR count). The minimum absolute atomic E-state index is 0.163. The number of benzene rings is 1. The normalized spacial score (nSPS) is 13.8. The largest absolute Gasteiger partial charge is 0.365 e. The molecule has 1 aliphatic rings. The number of carbonyl (C=O) groups excluding carboxylic acids is 2. The van der Waals surface area contributed by atoms with Crippen LogP contribution in [-0.2, 0) is 12.8 Å². The van der Waals surface area contributed by atoms with Gasteiger partial charge in [0.2, 0.25) is 0 Å². The Balaban J connectivity index is 1.79. The summed E-state index contributed by atoms with van der Waals surface area (Å²) in [5.41, 5.74) is 7.77. The maximum atomic E-state index is 12.4. The van der Waals surface area contributed by atoms with E-state index >= 15 is 0 Å². The smallest absolute Gasteiger partial charge is 0.258 e. The summed E-state index contributed by atoms with van der Waals surface area (Å²) in [6.07, 6.45) is 6.34. The predicted molar refractivity (Wildman–Crippen MR) is 122 cm³/mol. The number of thiophene rings is 1. The molecular formula is C19H20IN3O2S2. The number of hydrogen-bond acceptors (Lipinski definition) is 4. The van der Waals surface area contributed by atoms with Crippen LogP contribution in [0.4, 0.5) is 5.00 Å². The molecule has 0 bridgehead atoms. The summed E-state index contributed by atoms with van der Waals surface area (Å²) in [4.78, 5) is 25.7. The lowest BCUT2D eigenvalue weighted by molar-refractivity contribution is 0.0974. The van der Waals surface area contributed by atoms with Crippen LogP contribution in [0.1, 0.15) is 56.8 Å². The number of aryl methyl sites for hydroxylation is 1. The Morgan fingerprint density at radius 1 is 1.11 bits per heavy atom. The Kier molecular flexibility index (Phi) is 6.83. The Labute approximate surface area is 181 Å². The van der Waals surface area contributed by atoms with Gasteiger partial charge in [0.05, 0.1) is 11.1 Å². The highest BCUT2D eigenvalue weighted by Crippen LogP contribution is 2.36. The Bertz CT molecular complexity index is 895. The number of halogens is 1. The highest BCUT2D eigenvalue weighted by Gasteiger charge is 2.23. The molecule has 1 heterocycles. The van der Waals surface area contributed by atoms with Crippen LogP contribution < -0.4 is 16.4 Å². The summed E-state index contributed by atoms with van der Waals surface area (Å²) in [6.45, 7) is 0. The maximum Gasteiger partial charge on any atom is 0.258 e. The number of carbonyl (C=O) groups is 2. The molecule has 0 fully saturated rings. The van der Waals surface area contributed by atoms with Gasteiger partial charge in [-0.05, 0) is 78.2 Å². The molecule has 0 saturated heterocycles. The van der Waals surface area contributed by atoms with Crippen molar-refractivity contribution < 1.29 is 9.59 Å². The summed E-state index contributed by atoms with van der Waals surface area (Å²) in [6, 6.07) is 7.27. The fourth-order valence-electron chi connectivity index (χ4n) is 3.22. The second kappa shape index (κ2) is 9.11. The third-order valence-electron chi connectivity index (χ3n) is 4.49. The topological polar surface area (TPSA) is 84.2 Å². The molecule has 1 aliphatic carbocycles. The SMILES string of the molecule is NC(=O)c1c(NC(=S)NC(=O)c2ccccc2I)sc2c1CCCCCC2. The molecule has 1 aromatic carbocycles. The van der Waals surface area contributed by atoms with Crippen molar-refractivity contribution in [3.8, 4) is 0 Å². The van der Waals surface area contributed by atoms with Crippen LogP contribution >= 0.6 is 46.1 Å². The van der Waals surface area contributed by atoms with Gasteiger partial charge in [0, 0.05) is 8.45 Å². The molecule has 1 aromatic heterocycles. The van der Waals surface area contributed by atoms with E-state index < -0.39 is 5.91 Å². The van der Waals surface area contributed by atoms with Crippen molar-refractivity contribution in [2.75, 3.05) is 5.32 Å². The molecule has 2 aromatic rings. The number of anilines is 1. The van der Waals surface area contributed by atoms with E-state index in [-0.39, 0.29) is 11.0 Å². The molecule has 4 N–H and O–H groups in total. The summed E-state index contributed by atoms with van der Waals surface area (Å²) < 4.78 is 0.840. The number of fused-ring (bicyclic) bond motifs is 1. The Hall–Kier alpha value is -1.52. The zero-order valence-corrected chi connectivity index (χ0v) is 18.4. The highest BCUT2D eigenvalue weighted by molar-refractivity contribution is 14.1. The van der Waals surface area contributed by atoms with E-state index in [1.54, 1.807) is 12.1 Å². The number of amides is 2. The second-order valence-electron chi connectivity index (χ2n) is 6.37. The summed E-state index contributed by atoms with van der Waals surface area (Å²) in [7, 11) is 0. The van der Waals surface area contributed by atoms with E-state index in [2.05, 4.69) is 33.2 Å². The van der Waals surface area contributed by atoms with Crippen LogP contribution in [0.25, 0.3) is 0 Å². The highest BCUT2D eigenvalue weighted by atomic mass is 127. The lowest BCUT2D eigenvalue weighted by atomic mass is 9.96. The third-order valence-corrected chi connectivity index (χ3v) is 6.84. The van der Waals surface area contributed by atoms with Crippen LogP contribution in [0.15, 0.2) is 24.3 Å². The summed E-state index contributed by atoms with van der Waals surface area (Å²) in [5, 5.41) is 6.50. The van der Waals surface area contributed by atoms with E-state index in [9.17, 15) is 9.59 Å². The summed E-state index contributed by atoms with van der Waals surface area (Å²) >= 11 is 8.93. The molecule has 8 heteroatoms. The first-order valence-corrected chi connectivity index (χ1v) is 11.1. The van der Waals surface area contributed by atoms with Crippen molar-refractivity contribution in [1.82, 2.24) is 5.32 Å². The van der Waals surface area contributed by atoms with E-state index in [0.29, 0.717) is 16.1 Å². The number of thiocarbonyl (C=S) groups is 1. The van der Waals surface area contributed by atoms with Gasteiger partial charge in [0.15, 0.2) is 5.11 Å². The van der Waals surface area contributed by atoms with Crippen molar-refractivity contribution >= 4 is 68.1 Å². The van der Waals surface area contributed by atoms with Gasteiger partial charge in [-0.1, -0.05) is 25.0 Å². The molecule has 5 nitrogen and oxygen atoms in total. The van der Waals surface area contributed by atoms with Crippen molar-refractivity contribution in [3.05, 3.63) is 49.4 Å². The van der Waals surface area contributed by atoms with Gasteiger partial charge in [0.25, 0.3) is 11.8 Å². The lowest BCUT2D eigenvalue weighted by Gasteiger charge is -2.11. The van der Waals surface area contributed by atoms with E-state index in [1.807, 2.05) is 12.1 Å². The minimum Gasteiger partial charge on any atom is -0.365 e. The van der Waals surface area contributed by atoms with Crippen molar-refractivity contribution in [1.29, 1.82) is 0 Å². The average Bonchev–Trinajstić information content (AvgIpc) is 2.91. The lowest BCUT2D eigenvalue weighted by Crippen LogP contribution is -2.34. The Morgan fingerprint density at radius 2 is 1.81 bits per heavy atom. The number of nitrogens with one attached hydrogen (secondary N) is 2. The number of rotatable bonds is 3. The number of hydrogen-bond donors (Lipinski definition) is 3. The zero-order valence-electron chi connectivity index (χ0n) is 14.6. The molecule has 0 saturated carbocycles. The zero-order chi connectivity index (χ0) is 19.4. The van der Waals surface area contributed by atoms with Crippen LogP contribution in [0.2, 0.25) is 0 Å². The van der Waals surface area contributed by atoms with Crippen LogP contribution in [0, 0.1) is 3.57 Å². The molecule has 27 heavy (non-hydrogen) atoms. The fourth-order valence-corrected chi connectivity index (χ4v) is 5.41.